The van der Waals surface area contributed by atoms with Gasteiger partial charge in [-0.25, -0.2) is 0 Å². The molecule has 2 N–H and O–H groups in total. The summed E-state index contributed by atoms with van der Waals surface area (Å²) >= 11 is 0. The summed E-state index contributed by atoms with van der Waals surface area (Å²) in [5.41, 5.74) is 0.616. The molecule has 1 aliphatic rings. The molecule has 7 heteroatoms. The van der Waals surface area contributed by atoms with Crippen LogP contribution in [0.3, 0.4) is 0 Å². The van der Waals surface area contributed by atoms with Crippen molar-refractivity contribution in [2.24, 2.45) is 5.92 Å². The first-order valence-electron chi connectivity index (χ1n) is 9.45. The summed E-state index contributed by atoms with van der Waals surface area (Å²) in [6, 6.07) is 6.99. The molecule has 1 aromatic rings. The zero-order valence-electron chi connectivity index (χ0n) is 16.4. The fourth-order valence-corrected chi connectivity index (χ4v) is 2.82. The number of ether oxygens (including phenoxy) is 1. The van der Waals surface area contributed by atoms with Crippen LogP contribution in [-0.4, -0.2) is 49.1 Å². The molecule has 27 heavy (non-hydrogen) atoms. The second-order valence-electron chi connectivity index (χ2n) is 7.07. The number of nitrogens with one attached hydrogen (secondary N) is 2. The van der Waals surface area contributed by atoms with Gasteiger partial charge in [0.1, 0.15) is 18.1 Å². The van der Waals surface area contributed by atoms with Crippen LogP contribution in [0, 0.1) is 5.92 Å². The van der Waals surface area contributed by atoms with Gasteiger partial charge in [0.2, 0.25) is 11.8 Å². The van der Waals surface area contributed by atoms with Crippen molar-refractivity contribution in [3.63, 3.8) is 0 Å². The van der Waals surface area contributed by atoms with Crippen molar-refractivity contribution in [1.29, 1.82) is 0 Å². The second kappa shape index (κ2) is 9.50. The number of carbonyl (C=O) groups excluding carboxylic acids is 3. The zero-order chi connectivity index (χ0) is 20.0. The number of anilines is 1. The van der Waals surface area contributed by atoms with Gasteiger partial charge >= 0.3 is 5.97 Å². The van der Waals surface area contributed by atoms with E-state index in [0.29, 0.717) is 18.2 Å². The Kier molecular flexibility index (Phi) is 7.36. The number of benzene rings is 1. The Bertz CT molecular complexity index is 662. The average molecular weight is 375 g/mol. The summed E-state index contributed by atoms with van der Waals surface area (Å²) in [4.78, 5) is 38.9. The molecule has 148 valence electrons. The average Bonchev–Trinajstić information content (AvgIpc) is 3.43. The molecule has 0 saturated carbocycles. The summed E-state index contributed by atoms with van der Waals surface area (Å²) < 4.78 is 4.96. The van der Waals surface area contributed by atoms with E-state index >= 15 is 0 Å². The number of carbonyl (C=O) groups is 3. The maximum Gasteiger partial charge on any atom is 0.325 e. The third kappa shape index (κ3) is 5.53. The third-order valence-electron chi connectivity index (χ3n) is 4.45. The van der Waals surface area contributed by atoms with E-state index in [0.717, 1.165) is 6.42 Å². The lowest BCUT2D eigenvalue weighted by Gasteiger charge is -2.28. The van der Waals surface area contributed by atoms with Gasteiger partial charge < -0.3 is 10.1 Å². The fourth-order valence-electron chi connectivity index (χ4n) is 2.82. The van der Waals surface area contributed by atoms with Crippen LogP contribution in [0.5, 0.6) is 0 Å². The second-order valence-corrected chi connectivity index (χ2v) is 7.07. The van der Waals surface area contributed by atoms with Crippen LogP contribution in [0.4, 0.5) is 5.69 Å². The molecule has 3 atom stereocenters. The van der Waals surface area contributed by atoms with E-state index in [-0.39, 0.29) is 18.4 Å². The van der Waals surface area contributed by atoms with Gasteiger partial charge in [-0.15, -0.1) is 0 Å². The molecule has 2 amide bonds. The van der Waals surface area contributed by atoms with Crippen molar-refractivity contribution in [3.05, 3.63) is 30.3 Å². The quantitative estimate of drug-likeness (QED) is 0.503. The van der Waals surface area contributed by atoms with Gasteiger partial charge in [-0.3, -0.25) is 24.6 Å². The summed E-state index contributed by atoms with van der Waals surface area (Å²) in [5, 5.41) is 5.75. The van der Waals surface area contributed by atoms with Crippen molar-refractivity contribution in [2.45, 2.75) is 52.2 Å². The molecule has 0 aromatic heterocycles. The topological polar surface area (TPSA) is 97.7 Å². The number of esters is 1. The van der Waals surface area contributed by atoms with Gasteiger partial charge in [-0.2, -0.15) is 0 Å². The third-order valence-corrected chi connectivity index (χ3v) is 4.45. The van der Waals surface area contributed by atoms with Crippen molar-refractivity contribution in [2.75, 3.05) is 18.1 Å². The van der Waals surface area contributed by atoms with Crippen LogP contribution >= 0.6 is 0 Å². The summed E-state index contributed by atoms with van der Waals surface area (Å²) in [6.45, 7) is 8.40. The molecule has 1 saturated heterocycles. The molecule has 0 bridgehead atoms. The molecule has 2 rings (SSSR count). The molecule has 0 spiro atoms. The molecule has 7 nitrogen and oxygen atoms in total. The number of para-hydroxylation sites is 1. The van der Waals surface area contributed by atoms with E-state index in [4.69, 9.17) is 4.74 Å². The van der Waals surface area contributed by atoms with Crippen LogP contribution in [0.25, 0.3) is 0 Å². The van der Waals surface area contributed by atoms with Crippen LogP contribution in [0.2, 0.25) is 0 Å². The Hall–Kier alpha value is -2.41. The first-order chi connectivity index (χ1) is 12.9. The molecule has 0 radical (unpaired) electrons. The van der Waals surface area contributed by atoms with Gasteiger partial charge in [0, 0.05) is 12.2 Å². The molecule has 0 unspecified atom stereocenters. The molecular weight excluding hydrogens is 346 g/mol. The van der Waals surface area contributed by atoms with Crippen LogP contribution in [-0.2, 0) is 19.1 Å². The van der Waals surface area contributed by atoms with Crippen molar-refractivity contribution in [1.82, 2.24) is 10.6 Å². The molecule has 1 heterocycles. The highest BCUT2D eigenvalue weighted by Crippen LogP contribution is 2.23. The minimum absolute atomic E-state index is 0.221. The number of nitrogens with zero attached hydrogens (tertiary/aromatic N) is 1. The van der Waals surface area contributed by atoms with E-state index in [1.165, 1.54) is 4.90 Å². The lowest BCUT2D eigenvalue weighted by Crippen LogP contribution is -2.50. The summed E-state index contributed by atoms with van der Waals surface area (Å²) in [6.07, 6.45) is 0.868. The van der Waals surface area contributed by atoms with Crippen molar-refractivity contribution >= 4 is 23.5 Å². The molecule has 0 aliphatic carbocycles. The highest BCUT2D eigenvalue weighted by molar-refractivity contribution is 6.07. The van der Waals surface area contributed by atoms with Gasteiger partial charge in [0.15, 0.2) is 0 Å². The summed E-state index contributed by atoms with van der Waals surface area (Å²) in [7, 11) is 0. The Balaban J connectivity index is 2.12. The minimum Gasteiger partial charge on any atom is -0.465 e. The first-order valence-corrected chi connectivity index (χ1v) is 9.45. The van der Waals surface area contributed by atoms with E-state index < -0.39 is 24.1 Å². The smallest absolute Gasteiger partial charge is 0.325 e. The van der Waals surface area contributed by atoms with Crippen molar-refractivity contribution < 1.29 is 19.1 Å². The maximum absolute atomic E-state index is 13.0. The van der Waals surface area contributed by atoms with Crippen LogP contribution in [0.1, 0.15) is 34.1 Å². The monoisotopic (exact) mass is 375 g/mol. The first kappa shape index (κ1) is 20.9. The predicted molar refractivity (Wildman–Crippen MR) is 103 cm³/mol. The largest absolute Gasteiger partial charge is 0.465 e. The Morgan fingerprint density at radius 1 is 1.15 bits per heavy atom. The Labute approximate surface area is 160 Å². The summed E-state index contributed by atoms with van der Waals surface area (Å²) in [5.74, 6) is -0.502. The fraction of sp³-hybridized carbons (Fsp3) is 0.550. The standard InChI is InChI=1S/C20H29N3O4/c1-5-27-20(26)17-16(22-17)19(25)23(15-9-7-6-8-10-15)14(4)18(24)21-12-11-13(2)3/h6-10,13-14,16-17,22H,5,11-12H2,1-4H3,(H,21,24)/t14-,16+,17+/m0/s1. The number of amides is 2. The van der Waals surface area contributed by atoms with Gasteiger partial charge in [-0.05, 0) is 38.3 Å². The molecule has 1 aromatic carbocycles. The number of rotatable bonds is 9. The predicted octanol–water partition coefficient (Wildman–Crippen LogP) is 1.47. The maximum atomic E-state index is 13.0. The van der Waals surface area contributed by atoms with E-state index in [9.17, 15) is 14.4 Å². The van der Waals surface area contributed by atoms with Crippen molar-refractivity contribution in [3.8, 4) is 0 Å². The van der Waals surface area contributed by atoms with Crippen LogP contribution in [0.15, 0.2) is 30.3 Å². The lowest BCUT2D eigenvalue weighted by atomic mass is 10.1. The molecule has 1 fully saturated rings. The number of hydrogen-bond acceptors (Lipinski definition) is 5. The zero-order valence-corrected chi connectivity index (χ0v) is 16.4. The van der Waals surface area contributed by atoms with E-state index in [2.05, 4.69) is 24.5 Å². The Morgan fingerprint density at radius 2 is 1.81 bits per heavy atom. The molecular formula is C20H29N3O4. The SMILES string of the molecule is CCOC(=O)[C@@H]1N[C@H]1C(=O)N(c1ccccc1)[C@@H](C)C(=O)NCCC(C)C. The van der Waals surface area contributed by atoms with Gasteiger partial charge in [0.05, 0.1) is 6.61 Å². The van der Waals surface area contributed by atoms with E-state index in [1.807, 2.05) is 18.2 Å². The lowest BCUT2D eigenvalue weighted by molar-refractivity contribution is -0.143. The minimum atomic E-state index is -0.697. The van der Waals surface area contributed by atoms with E-state index in [1.54, 1.807) is 26.0 Å². The highest BCUT2D eigenvalue weighted by atomic mass is 16.5. The van der Waals surface area contributed by atoms with Gasteiger partial charge in [0.25, 0.3) is 0 Å². The van der Waals surface area contributed by atoms with Gasteiger partial charge in [-0.1, -0.05) is 32.0 Å². The van der Waals surface area contributed by atoms with Crippen LogP contribution < -0.4 is 15.5 Å². The normalized spacial score (nSPS) is 19.3. The molecule has 1 aliphatic heterocycles. The number of hydrogen-bond donors (Lipinski definition) is 2. The Morgan fingerprint density at radius 3 is 2.41 bits per heavy atom. The highest BCUT2D eigenvalue weighted by Gasteiger charge is 2.51.